The van der Waals surface area contributed by atoms with E-state index in [1.165, 1.54) is 12.4 Å². The van der Waals surface area contributed by atoms with E-state index in [2.05, 4.69) is 20.9 Å². The Morgan fingerprint density at radius 1 is 1.28 bits per heavy atom. The van der Waals surface area contributed by atoms with Gasteiger partial charge in [0.1, 0.15) is 29.7 Å². The van der Waals surface area contributed by atoms with E-state index in [1.54, 1.807) is 10.8 Å². The lowest BCUT2D eigenvalue weighted by Gasteiger charge is -2.29. The zero-order valence-electron chi connectivity index (χ0n) is 20.4. The Morgan fingerprint density at radius 2 is 2.11 bits per heavy atom. The molecular formula is C26H31F2N5O3. The number of nitrogens with zero attached hydrogens (tertiary/aromatic N) is 2. The third-order valence-electron chi connectivity index (χ3n) is 6.26. The Balaban J connectivity index is 1.30. The lowest BCUT2D eigenvalue weighted by atomic mass is 9.87. The first-order valence-electron chi connectivity index (χ1n) is 12.2. The van der Waals surface area contributed by atoms with Gasteiger partial charge in [-0.2, -0.15) is 0 Å². The minimum absolute atomic E-state index is 0.0485. The topological polar surface area (TPSA) is 101 Å². The standard InChI is InChI=1S/C26H31F2N5O3/c1-3-4-23(31-19-7-6-17-9-18(27)10-22(28)21(17)11-19)26(35)32-24-13-33(15-30-24)14-25(34)29-12-20-8-5-16(2)36-20/h5,8-10,13,15,19,23,31H,3-4,6-7,11-12,14H2,1-2H3,(H,29,34)(H,32,35)/t19?,23-/m0/s1. The molecule has 2 amide bonds. The second kappa shape index (κ2) is 11.5. The molecule has 2 heterocycles. The Morgan fingerprint density at radius 3 is 2.86 bits per heavy atom. The van der Waals surface area contributed by atoms with Crippen LogP contribution in [0.5, 0.6) is 0 Å². The first kappa shape index (κ1) is 25.6. The third-order valence-corrected chi connectivity index (χ3v) is 6.26. The number of fused-ring (bicyclic) bond motifs is 1. The second-order valence-corrected chi connectivity index (χ2v) is 9.18. The molecule has 0 radical (unpaired) electrons. The summed E-state index contributed by atoms with van der Waals surface area (Å²) < 4.78 is 34.8. The van der Waals surface area contributed by atoms with Crippen molar-refractivity contribution in [1.82, 2.24) is 20.2 Å². The van der Waals surface area contributed by atoms with E-state index in [9.17, 15) is 18.4 Å². The summed E-state index contributed by atoms with van der Waals surface area (Å²) in [5.74, 6) is 0.228. The summed E-state index contributed by atoms with van der Waals surface area (Å²) in [5.41, 5.74) is 1.20. The quantitative estimate of drug-likeness (QED) is 0.396. The van der Waals surface area contributed by atoms with Crippen molar-refractivity contribution in [2.75, 3.05) is 5.32 Å². The van der Waals surface area contributed by atoms with E-state index in [4.69, 9.17) is 4.42 Å². The van der Waals surface area contributed by atoms with Gasteiger partial charge in [-0.05, 0) is 61.9 Å². The van der Waals surface area contributed by atoms with Gasteiger partial charge in [0.2, 0.25) is 11.8 Å². The fourth-order valence-electron chi connectivity index (χ4n) is 4.50. The number of benzene rings is 1. The van der Waals surface area contributed by atoms with Crippen molar-refractivity contribution in [2.24, 2.45) is 0 Å². The van der Waals surface area contributed by atoms with Crippen LogP contribution in [-0.4, -0.2) is 33.4 Å². The van der Waals surface area contributed by atoms with Crippen molar-refractivity contribution in [3.63, 3.8) is 0 Å². The molecule has 36 heavy (non-hydrogen) atoms. The van der Waals surface area contributed by atoms with E-state index in [1.807, 2.05) is 26.0 Å². The zero-order chi connectivity index (χ0) is 25.7. The fraction of sp³-hybridized carbons (Fsp3) is 0.423. The second-order valence-electron chi connectivity index (χ2n) is 9.18. The maximum absolute atomic E-state index is 14.3. The molecule has 0 spiro atoms. The fourth-order valence-corrected chi connectivity index (χ4v) is 4.50. The van der Waals surface area contributed by atoms with Crippen molar-refractivity contribution in [2.45, 2.75) is 71.1 Å². The molecule has 1 aliphatic rings. The zero-order valence-corrected chi connectivity index (χ0v) is 20.4. The minimum Gasteiger partial charge on any atom is -0.465 e. The van der Waals surface area contributed by atoms with Gasteiger partial charge in [0.25, 0.3) is 0 Å². The van der Waals surface area contributed by atoms with Crippen LogP contribution < -0.4 is 16.0 Å². The number of furan rings is 1. The molecule has 2 atom stereocenters. The number of hydrogen-bond donors (Lipinski definition) is 3. The van der Waals surface area contributed by atoms with Crippen molar-refractivity contribution >= 4 is 17.6 Å². The number of aromatic nitrogens is 2. The van der Waals surface area contributed by atoms with Crippen molar-refractivity contribution < 1.29 is 22.8 Å². The highest BCUT2D eigenvalue weighted by atomic mass is 19.1. The number of carbonyl (C=O) groups excluding carboxylic acids is 2. The van der Waals surface area contributed by atoms with Gasteiger partial charge in [0.05, 0.1) is 18.9 Å². The first-order chi connectivity index (χ1) is 17.3. The van der Waals surface area contributed by atoms with Crippen LogP contribution in [0.1, 0.15) is 48.8 Å². The Labute approximate surface area is 208 Å². The van der Waals surface area contributed by atoms with Crippen LogP contribution in [-0.2, 0) is 35.5 Å². The number of halogens is 2. The van der Waals surface area contributed by atoms with E-state index in [-0.39, 0.29) is 24.4 Å². The number of hydrogen-bond acceptors (Lipinski definition) is 5. The van der Waals surface area contributed by atoms with Crippen LogP contribution in [0.2, 0.25) is 0 Å². The van der Waals surface area contributed by atoms with Crippen LogP contribution in [0.4, 0.5) is 14.6 Å². The largest absolute Gasteiger partial charge is 0.465 e. The summed E-state index contributed by atoms with van der Waals surface area (Å²) in [4.78, 5) is 29.4. The van der Waals surface area contributed by atoms with Crippen LogP contribution >= 0.6 is 0 Å². The van der Waals surface area contributed by atoms with E-state index in [0.29, 0.717) is 54.9 Å². The third kappa shape index (κ3) is 6.57. The Bertz CT molecular complexity index is 1220. The van der Waals surface area contributed by atoms with Gasteiger partial charge in [-0.15, -0.1) is 0 Å². The molecule has 0 fully saturated rings. The lowest BCUT2D eigenvalue weighted by molar-refractivity contribution is -0.122. The number of nitrogens with one attached hydrogen (secondary N) is 3. The predicted molar refractivity (Wildman–Crippen MR) is 130 cm³/mol. The maximum atomic E-state index is 14.3. The number of imidazole rings is 1. The highest BCUT2D eigenvalue weighted by molar-refractivity contribution is 5.94. The molecule has 1 unspecified atom stereocenters. The van der Waals surface area contributed by atoms with Gasteiger partial charge in [-0.3, -0.25) is 9.59 Å². The van der Waals surface area contributed by atoms with Gasteiger partial charge < -0.3 is 24.9 Å². The molecule has 1 aliphatic carbocycles. The average molecular weight is 500 g/mol. The number of carbonyl (C=O) groups is 2. The van der Waals surface area contributed by atoms with Gasteiger partial charge in [-0.1, -0.05) is 13.3 Å². The Hall–Kier alpha value is -3.53. The van der Waals surface area contributed by atoms with Gasteiger partial charge in [-0.25, -0.2) is 13.8 Å². The summed E-state index contributed by atoms with van der Waals surface area (Å²) >= 11 is 0. The Kier molecular flexibility index (Phi) is 8.14. The molecule has 0 saturated carbocycles. The van der Waals surface area contributed by atoms with E-state index >= 15 is 0 Å². The number of aryl methyl sites for hydroxylation is 2. The highest BCUT2D eigenvalue weighted by Gasteiger charge is 2.27. The number of anilines is 1. The van der Waals surface area contributed by atoms with Crippen LogP contribution in [0, 0.1) is 18.6 Å². The molecule has 3 aromatic rings. The van der Waals surface area contributed by atoms with Crippen molar-refractivity contribution in [1.29, 1.82) is 0 Å². The van der Waals surface area contributed by atoms with Gasteiger partial charge in [0, 0.05) is 18.3 Å². The molecular weight excluding hydrogens is 468 g/mol. The average Bonchev–Trinajstić information content (AvgIpc) is 3.46. The predicted octanol–water partition coefficient (Wildman–Crippen LogP) is 3.63. The molecule has 8 nitrogen and oxygen atoms in total. The molecule has 10 heteroatoms. The van der Waals surface area contributed by atoms with Crippen molar-refractivity contribution in [3.8, 4) is 0 Å². The van der Waals surface area contributed by atoms with Gasteiger partial charge in [0.15, 0.2) is 5.82 Å². The van der Waals surface area contributed by atoms with E-state index < -0.39 is 17.7 Å². The molecule has 192 valence electrons. The number of amides is 2. The van der Waals surface area contributed by atoms with Crippen LogP contribution in [0.3, 0.4) is 0 Å². The monoisotopic (exact) mass is 499 g/mol. The summed E-state index contributed by atoms with van der Waals surface area (Å²) in [7, 11) is 0. The van der Waals surface area contributed by atoms with Crippen molar-refractivity contribution in [3.05, 3.63) is 71.1 Å². The molecule has 0 saturated heterocycles. The molecule has 1 aromatic carbocycles. The SMILES string of the molecule is CCC[C@H](NC1CCc2cc(F)cc(F)c2C1)C(=O)Nc1cn(CC(=O)NCc2ccc(C)o2)cn1. The summed E-state index contributed by atoms with van der Waals surface area (Å²) in [6, 6.07) is 5.35. The highest BCUT2D eigenvalue weighted by Crippen LogP contribution is 2.26. The number of rotatable bonds is 10. The van der Waals surface area contributed by atoms with E-state index in [0.717, 1.165) is 18.2 Å². The normalized spacial score (nSPS) is 15.8. The molecule has 0 aliphatic heterocycles. The smallest absolute Gasteiger partial charge is 0.242 e. The summed E-state index contributed by atoms with van der Waals surface area (Å²) in [6.45, 7) is 4.16. The lowest BCUT2D eigenvalue weighted by Crippen LogP contribution is -2.48. The van der Waals surface area contributed by atoms with Crippen LogP contribution in [0.15, 0.2) is 41.2 Å². The first-order valence-corrected chi connectivity index (χ1v) is 12.2. The summed E-state index contributed by atoms with van der Waals surface area (Å²) in [5, 5.41) is 8.94. The van der Waals surface area contributed by atoms with Gasteiger partial charge >= 0.3 is 0 Å². The molecule has 2 aromatic heterocycles. The van der Waals surface area contributed by atoms with Crippen LogP contribution in [0.25, 0.3) is 0 Å². The minimum atomic E-state index is -0.564. The summed E-state index contributed by atoms with van der Waals surface area (Å²) in [6.07, 6.45) is 6.08. The molecule has 0 bridgehead atoms. The maximum Gasteiger partial charge on any atom is 0.242 e. The molecule has 4 rings (SSSR count). The molecule has 3 N–H and O–H groups in total.